The summed E-state index contributed by atoms with van der Waals surface area (Å²) in [6.45, 7) is 4.34. The smallest absolute Gasteiger partial charge is 0.171 e. The van der Waals surface area contributed by atoms with Crippen molar-refractivity contribution < 1.29 is 9.18 Å². The average molecular weight is 287 g/mol. The lowest BCUT2D eigenvalue weighted by atomic mass is 9.73. The van der Waals surface area contributed by atoms with Crippen LogP contribution >= 0.6 is 0 Å². The molecule has 3 rings (SSSR count). The molecule has 1 N–H and O–H groups in total. The molecule has 1 heterocycles. The molecule has 0 saturated heterocycles. The average Bonchev–Trinajstić information content (AvgIpc) is 3.04. The molecule has 2 nitrogen and oxygen atoms in total. The van der Waals surface area contributed by atoms with Crippen LogP contribution in [0.2, 0.25) is 0 Å². The Balaban J connectivity index is 2.04. The van der Waals surface area contributed by atoms with Gasteiger partial charge in [0.05, 0.1) is 0 Å². The van der Waals surface area contributed by atoms with E-state index in [-0.39, 0.29) is 17.0 Å². The number of hydrogen-bond acceptors (Lipinski definition) is 1. The largest absolute Gasteiger partial charge is 0.360 e. The van der Waals surface area contributed by atoms with Crippen molar-refractivity contribution in [2.24, 2.45) is 11.3 Å². The van der Waals surface area contributed by atoms with Crippen LogP contribution in [0.3, 0.4) is 0 Å². The van der Waals surface area contributed by atoms with E-state index >= 15 is 0 Å². The molecular weight excluding hydrogens is 265 g/mol. The van der Waals surface area contributed by atoms with Crippen LogP contribution in [0.25, 0.3) is 10.9 Å². The second kappa shape index (κ2) is 5.28. The summed E-state index contributed by atoms with van der Waals surface area (Å²) in [4.78, 5) is 16.3. The highest BCUT2D eigenvalue weighted by Crippen LogP contribution is 2.46. The minimum Gasteiger partial charge on any atom is -0.360 e. The van der Waals surface area contributed by atoms with Gasteiger partial charge in [0.15, 0.2) is 5.78 Å². The predicted octanol–water partition coefficient (Wildman–Crippen LogP) is 5.10. The van der Waals surface area contributed by atoms with E-state index in [1.807, 2.05) is 0 Å². The summed E-state index contributed by atoms with van der Waals surface area (Å²) in [6.07, 6.45) is 6.85. The van der Waals surface area contributed by atoms with Crippen molar-refractivity contribution in [1.29, 1.82) is 0 Å². The topological polar surface area (TPSA) is 32.9 Å². The number of aromatic nitrogens is 1. The van der Waals surface area contributed by atoms with Crippen LogP contribution < -0.4 is 0 Å². The Bertz CT molecular complexity index is 665. The maximum absolute atomic E-state index is 13.5. The van der Waals surface area contributed by atoms with E-state index in [4.69, 9.17) is 0 Å². The van der Waals surface area contributed by atoms with Gasteiger partial charge in [-0.15, -0.1) is 0 Å². The fourth-order valence-corrected chi connectivity index (χ4v) is 3.92. The summed E-state index contributed by atoms with van der Waals surface area (Å²) in [5, 5.41) is 0.718. The second-order valence-corrected chi connectivity index (χ2v) is 6.81. The summed E-state index contributed by atoms with van der Waals surface area (Å²) in [7, 11) is 0. The quantitative estimate of drug-likeness (QED) is 0.780. The molecule has 21 heavy (non-hydrogen) atoms. The minimum atomic E-state index is -0.291. The van der Waals surface area contributed by atoms with E-state index in [0.29, 0.717) is 11.5 Å². The highest BCUT2D eigenvalue weighted by Gasteiger charge is 2.42. The van der Waals surface area contributed by atoms with Gasteiger partial charge in [-0.1, -0.05) is 26.7 Å². The van der Waals surface area contributed by atoms with Crippen molar-refractivity contribution in [3.63, 3.8) is 0 Å². The molecule has 112 valence electrons. The molecule has 0 radical (unpaired) electrons. The van der Waals surface area contributed by atoms with Crippen LogP contribution in [0.1, 0.15) is 56.3 Å². The van der Waals surface area contributed by atoms with Crippen molar-refractivity contribution >= 4 is 16.7 Å². The van der Waals surface area contributed by atoms with Crippen molar-refractivity contribution in [1.82, 2.24) is 4.98 Å². The van der Waals surface area contributed by atoms with Gasteiger partial charge < -0.3 is 4.98 Å². The van der Waals surface area contributed by atoms with Gasteiger partial charge >= 0.3 is 0 Å². The van der Waals surface area contributed by atoms with E-state index < -0.39 is 0 Å². The zero-order valence-corrected chi connectivity index (χ0v) is 12.7. The number of Topliss-reactive ketones (excluding diaryl/α,β-unsaturated/α-hetero) is 1. The number of carbonyl (C=O) groups is 1. The summed E-state index contributed by atoms with van der Waals surface area (Å²) < 4.78 is 13.5. The Kier molecular flexibility index (Phi) is 3.60. The van der Waals surface area contributed by atoms with Gasteiger partial charge in [-0.25, -0.2) is 4.39 Å². The number of carbonyl (C=O) groups excluding carboxylic acids is 1. The minimum absolute atomic E-state index is 0.200. The molecule has 0 unspecified atom stereocenters. The summed E-state index contributed by atoms with van der Waals surface area (Å²) in [5.74, 6) is 0.403. The number of benzene rings is 1. The Morgan fingerprint density at radius 1 is 1.33 bits per heavy atom. The van der Waals surface area contributed by atoms with Crippen molar-refractivity contribution in [3.05, 3.63) is 35.8 Å². The van der Waals surface area contributed by atoms with E-state index in [9.17, 15) is 9.18 Å². The maximum Gasteiger partial charge on any atom is 0.171 e. The number of H-pyrrole nitrogens is 1. The summed E-state index contributed by atoms with van der Waals surface area (Å²) in [5.41, 5.74) is 1.25. The number of nitrogens with one attached hydrogen (secondary N) is 1. The van der Waals surface area contributed by atoms with Gasteiger partial charge in [0, 0.05) is 28.1 Å². The molecule has 1 aromatic carbocycles. The first-order chi connectivity index (χ1) is 10.0. The van der Waals surface area contributed by atoms with Gasteiger partial charge in [0.25, 0.3) is 0 Å². The van der Waals surface area contributed by atoms with Crippen LogP contribution in [0, 0.1) is 17.2 Å². The van der Waals surface area contributed by atoms with Gasteiger partial charge in [0.1, 0.15) is 5.82 Å². The standard InChI is InChI=1S/C18H22FNO/c1-12(2)10-18(7-3-4-8-18)17(21)15-11-20-16-6-5-13(19)9-14(15)16/h5-6,9,11-12,20H,3-4,7-8,10H2,1-2H3. The van der Waals surface area contributed by atoms with Crippen LogP contribution in [0.5, 0.6) is 0 Å². The van der Waals surface area contributed by atoms with Crippen LogP contribution in [-0.4, -0.2) is 10.8 Å². The predicted molar refractivity (Wildman–Crippen MR) is 82.9 cm³/mol. The number of halogens is 1. The molecule has 0 amide bonds. The lowest BCUT2D eigenvalue weighted by molar-refractivity contribution is 0.0762. The Hall–Kier alpha value is -1.64. The summed E-state index contributed by atoms with van der Waals surface area (Å²) in [6, 6.07) is 4.59. The summed E-state index contributed by atoms with van der Waals surface area (Å²) >= 11 is 0. The molecule has 1 aromatic heterocycles. The molecule has 1 aliphatic rings. The van der Waals surface area contributed by atoms with Crippen LogP contribution in [0.4, 0.5) is 4.39 Å². The van der Waals surface area contributed by atoms with E-state index in [1.54, 1.807) is 12.3 Å². The van der Waals surface area contributed by atoms with Crippen molar-refractivity contribution in [2.75, 3.05) is 0 Å². The highest BCUT2D eigenvalue weighted by atomic mass is 19.1. The zero-order chi connectivity index (χ0) is 15.0. The van der Waals surface area contributed by atoms with Crippen molar-refractivity contribution in [3.8, 4) is 0 Å². The number of ketones is 1. The van der Waals surface area contributed by atoms with Crippen LogP contribution in [-0.2, 0) is 0 Å². The van der Waals surface area contributed by atoms with E-state index in [2.05, 4.69) is 18.8 Å². The Morgan fingerprint density at radius 2 is 2.05 bits per heavy atom. The molecule has 2 aromatic rings. The van der Waals surface area contributed by atoms with E-state index in [1.165, 1.54) is 12.1 Å². The molecule has 3 heteroatoms. The van der Waals surface area contributed by atoms with Crippen LogP contribution in [0.15, 0.2) is 24.4 Å². The molecule has 0 atom stereocenters. The third-order valence-corrected chi connectivity index (χ3v) is 4.73. The number of rotatable bonds is 4. The fourth-order valence-electron chi connectivity index (χ4n) is 3.92. The zero-order valence-electron chi connectivity index (χ0n) is 12.7. The number of aromatic amines is 1. The van der Waals surface area contributed by atoms with Crippen molar-refractivity contribution in [2.45, 2.75) is 46.0 Å². The Labute approximate surface area is 124 Å². The molecular formula is C18H22FNO. The Morgan fingerprint density at radius 3 is 2.71 bits per heavy atom. The third kappa shape index (κ3) is 2.50. The maximum atomic E-state index is 13.5. The lowest BCUT2D eigenvalue weighted by Gasteiger charge is -2.29. The molecule has 1 aliphatic carbocycles. The normalized spacial score (nSPS) is 17.7. The second-order valence-electron chi connectivity index (χ2n) is 6.81. The van der Waals surface area contributed by atoms with Gasteiger partial charge in [-0.3, -0.25) is 4.79 Å². The molecule has 1 saturated carbocycles. The van der Waals surface area contributed by atoms with Gasteiger partial charge in [-0.05, 0) is 43.4 Å². The first-order valence-corrected chi connectivity index (χ1v) is 7.83. The first-order valence-electron chi connectivity index (χ1n) is 7.83. The number of fused-ring (bicyclic) bond motifs is 1. The fraction of sp³-hybridized carbons (Fsp3) is 0.500. The molecule has 0 aliphatic heterocycles. The van der Waals surface area contributed by atoms with E-state index in [0.717, 1.165) is 43.0 Å². The lowest BCUT2D eigenvalue weighted by Crippen LogP contribution is -2.29. The third-order valence-electron chi connectivity index (χ3n) is 4.73. The molecule has 0 bridgehead atoms. The first kappa shape index (κ1) is 14.3. The van der Waals surface area contributed by atoms with Gasteiger partial charge in [-0.2, -0.15) is 0 Å². The molecule has 0 spiro atoms. The van der Waals surface area contributed by atoms with Gasteiger partial charge in [0.2, 0.25) is 0 Å². The SMILES string of the molecule is CC(C)CC1(C(=O)c2c[nH]c3ccc(F)cc23)CCCC1. The molecule has 1 fully saturated rings. The monoisotopic (exact) mass is 287 g/mol. The number of hydrogen-bond donors (Lipinski definition) is 1. The highest BCUT2D eigenvalue weighted by molar-refractivity contribution is 6.10.